The second-order valence-electron chi connectivity index (χ2n) is 7.04. The first-order chi connectivity index (χ1) is 12.6. The molecule has 0 saturated heterocycles. The van der Waals surface area contributed by atoms with Crippen molar-refractivity contribution in [3.05, 3.63) is 39.3 Å². The van der Waals surface area contributed by atoms with Gasteiger partial charge in [0.1, 0.15) is 0 Å². The Morgan fingerprint density at radius 1 is 0.962 bits per heavy atom. The molecule has 0 N–H and O–H groups in total. The second kappa shape index (κ2) is 13.7. The van der Waals surface area contributed by atoms with Gasteiger partial charge in [-0.05, 0) is 0 Å². The summed E-state index contributed by atoms with van der Waals surface area (Å²) in [5.41, 5.74) is 0. The molecule has 0 spiro atoms. The molecule has 0 aromatic heterocycles. The summed E-state index contributed by atoms with van der Waals surface area (Å²) in [6.45, 7) is 6.85. The van der Waals surface area contributed by atoms with Gasteiger partial charge in [0.15, 0.2) is 0 Å². The van der Waals surface area contributed by atoms with Crippen molar-refractivity contribution in [2.24, 2.45) is 0 Å². The molecule has 4 heteroatoms. The molecule has 1 aromatic carbocycles. The van der Waals surface area contributed by atoms with Gasteiger partial charge in [0, 0.05) is 0 Å². The number of carbonyl (C=O) groups excluding carboxylic acids is 1. The maximum atomic E-state index is 12.2. The average Bonchev–Trinajstić information content (AvgIpc) is 2.68. The van der Waals surface area contributed by atoms with Crippen molar-refractivity contribution >= 4 is 36.1 Å². The minimum atomic E-state index is -2.65. The molecule has 0 heterocycles. The predicted octanol–water partition coefficient (Wildman–Crippen LogP) is 7.22. The molecular weight excluding hydrogens is 447 g/mol. The van der Waals surface area contributed by atoms with Crippen LogP contribution < -0.4 is 0 Å². The predicted molar refractivity (Wildman–Crippen MR) is 117 cm³/mol. The first-order valence-corrected chi connectivity index (χ1v) is 18.4. The molecule has 0 aliphatic heterocycles. The molecule has 0 bridgehead atoms. The fraction of sp³-hybridized carbons (Fsp3) is 0.591. The molecule has 0 amide bonds. The number of esters is 1. The first kappa shape index (κ1) is 23.6. The average molecular weight is 483 g/mol. The maximum absolute atomic E-state index is 12.2. The van der Waals surface area contributed by atoms with Gasteiger partial charge in [0.2, 0.25) is 0 Å². The molecule has 0 aliphatic carbocycles. The number of rotatable bonds is 13. The fourth-order valence-corrected chi connectivity index (χ4v) is 23.5. The molecule has 0 saturated carbocycles. The van der Waals surface area contributed by atoms with E-state index in [2.05, 4.69) is 51.1 Å². The van der Waals surface area contributed by atoms with Gasteiger partial charge in [-0.3, -0.25) is 0 Å². The second-order valence-corrected chi connectivity index (χ2v) is 22.3. The monoisotopic (exact) mass is 484 g/mol. The number of hydrogen-bond acceptors (Lipinski definition) is 3. The number of methoxy groups -OCH3 is 1. The Hall–Kier alpha value is -0.421. The van der Waals surface area contributed by atoms with Crippen molar-refractivity contribution < 1.29 is 9.53 Å². The summed E-state index contributed by atoms with van der Waals surface area (Å²) in [4.78, 5) is 13.4. The van der Waals surface area contributed by atoms with Crippen molar-refractivity contribution in [2.45, 2.75) is 77.5 Å². The molecule has 26 heavy (non-hydrogen) atoms. The van der Waals surface area contributed by atoms with Crippen LogP contribution in [0.3, 0.4) is 0 Å². The van der Waals surface area contributed by atoms with E-state index in [-0.39, 0.29) is 5.97 Å². The third-order valence-electron chi connectivity index (χ3n) is 4.97. The number of benzene rings is 1. The molecule has 0 aliphatic rings. The number of carbonyl (C=O) groups is 1. The number of ether oxygens (including phenoxy) is 1. The Labute approximate surface area is 169 Å². The van der Waals surface area contributed by atoms with Crippen LogP contribution in [0.2, 0.25) is 13.3 Å². The van der Waals surface area contributed by atoms with Crippen molar-refractivity contribution in [1.29, 1.82) is 0 Å². The molecule has 1 rings (SSSR count). The molecule has 0 atom stereocenters. The van der Waals surface area contributed by atoms with E-state index in [0.29, 0.717) is 0 Å². The van der Waals surface area contributed by atoms with Crippen LogP contribution in [0.15, 0.2) is 44.2 Å². The van der Waals surface area contributed by atoms with Gasteiger partial charge < -0.3 is 0 Å². The standard InChI is InChI=1S/C10H9O2S.3C4H9.Sn/c1-12-10(11)7-8-13-9-5-3-2-4-6-9;3*1-3-4-2;/h2-7H,1H3;3*1,3-4H2,2H3;. The molecule has 146 valence electrons. The summed E-state index contributed by atoms with van der Waals surface area (Å²) >= 11 is -0.807. The molecule has 2 nitrogen and oxygen atoms in total. The zero-order valence-electron chi connectivity index (χ0n) is 17.1. The van der Waals surface area contributed by atoms with Gasteiger partial charge >= 0.3 is 170 Å². The Morgan fingerprint density at radius 3 is 1.88 bits per heavy atom. The van der Waals surface area contributed by atoms with E-state index < -0.39 is 18.4 Å². The Morgan fingerprint density at radius 2 is 1.46 bits per heavy atom. The summed E-state index contributed by atoms with van der Waals surface area (Å²) in [5, 5.41) is 0. The fourth-order valence-electron chi connectivity index (χ4n) is 3.36. The summed E-state index contributed by atoms with van der Waals surface area (Å²) in [6.07, 6.45) is 9.43. The summed E-state index contributed by atoms with van der Waals surface area (Å²) in [6, 6.07) is 10.5. The van der Waals surface area contributed by atoms with Gasteiger partial charge in [0.05, 0.1) is 0 Å². The molecule has 0 radical (unpaired) electrons. The number of hydrogen-bond donors (Lipinski definition) is 0. The van der Waals surface area contributed by atoms with Crippen molar-refractivity contribution in [2.75, 3.05) is 7.11 Å². The molecular formula is C22H36O2SSn. The normalized spacial score (nSPS) is 12.2. The Bertz CT molecular complexity index is 521. The summed E-state index contributed by atoms with van der Waals surface area (Å²) in [7, 11) is 1.49. The van der Waals surface area contributed by atoms with Crippen LogP contribution in [0.4, 0.5) is 0 Å². The first-order valence-electron chi connectivity index (χ1n) is 10.1. The van der Waals surface area contributed by atoms with E-state index in [1.165, 1.54) is 66.8 Å². The van der Waals surface area contributed by atoms with E-state index in [4.69, 9.17) is 4.74 Å². The van der Waals surface area contributed by atoms with Gasteiger partial charge in [-0.1, -0.05) is 0 Å². The van der Waals surface area contributed by atoms with Crippen molar-refractivity contribution in [3.63, 3.8) is 0 Å². The van der Waals surface area contributed by atoms with Gasteiger partial charge in [-0.15, -0.1) is 0 Å². The third-order valence-corrected chi connectivity index (χ3v) is 24.2. The van der Waals surface area contributed by atoms with Crippen LogP contribution in [0.25, 0.3) is 0 Å². The molecule has 0 fully saturated rings. The van der Waals surface area contributed by atoms with Crippen LogP contribution in [-0.4, -0.2) is 31.5 Å². The minimum absolute atomic E-state index is 0.186. The van der Waals surface area contributed by atoms with Gasteiger partial charge in [0.25, 0.3) is 0 Å². The van der Waals surface area contributed by atoms with Gasteiger partial charge in [-0.25, -0.2) is 0 Å². The van der Waals surface area contributed by atoms with E-state index >= 15 is 0 Å². The number of unbranched alkanes of at least 4 members (excludes halogenated alkanes) is 3. The quantitative estimate of drug-likeness (QED) is 0.128. The van der Waals surface area contributed by atoms with Crippen molar-refractivity contribution in [1.82, 2.24) is 0 Å². The third kappa shape index (κ3) is 8.08. The molecule has 1 aromatic rings. The van der Waals surface area contributed by atoms with Crippen LogP contribution in [0.5, 0.6) is 0 Å². The number of thioether (sulfide) groups is 1. The molecule has 0 unspecified atom stereocenters. The van der Waals surface area contributed by atoms with Gasteiger partial charge in [-0.2, -0.15) is 0 Å². The van der Waals surface area contributed by atoms with E-state index in [1.54, 1.807) is 0 Å². The van der Waals surface area contributed by atoms with Crippen LogP contribution >= 0.6 is 11.8 Å². The zero-order valence-corrected chi connectivity index (χ0v) is 20.7. The van der Waals surface area contributed by atoms with Crippen molar-refractivity contribution in [3.8, 4) is 0 Å². The summed E-state index contributed by atoms with van der Waals surface area (Å²) < 4.78 is 10.5. The van der Waals surface area contributed by atoms with E-state index in [0.717, 1.165) is 0 Å². The zero-order chi connectivity index (χ0) is 19.3. The van der Waals surface area contributed by atoms with Crippen LogP contribution in [0.1, 0.15) is 59.3 Å². The Balaban J connectivity index is 3.29. The SMILES string of the molecule is CCC[CH2][Sn]([CH2]CCC)([CH2]CCC)[C](=CC(=O)OC)Sc1ccccc1. The Kier molecular flexibility index (Phi) is 12.4. The van der Waals surface area contributed by atoms with E-state index in [9.17, 15) is 4.79 Å². The van der Waals surface area contributed by atoms with E-state index in [1.807, 2.05) is 17.8 Å². The van der Waals surface area contributed by atoms with Crippen LogP contribution in [0, 0.1) is 0 Å². The van der Waals surface area contributed by atoms with Crippen LogP contribution in [-0.2, 0) is 9.53 Å². The topological polar surface area (TPSA) is 26.3 Å². The summed E-state index contributed by atoms with van der Waals surface area (Å²) in [5.74, 6) is -0.186.